The second-order valence-electron chi connectivity index (χ2n) is 3.57. The molecule has 86 valence electrons. The highest BCUT2D eigenvalue weighted by Crippen LogP contribution is 2.18. The van der Waals surface area contributed by atoms with E-state index in [1.807, 2.05) is 0 Å². The number of benzene rings is 2. The van der Waals surface area contributed by atoms with Crippen LogP contribution in [-0.2, 0) is 0 Å². The third-order valence-electron chi connectivity index (χ3n) is 2.35. The number of hydrogen-bond donors (Lipinski definition) is 1. The third-order valence-corrected chi connectivity index (χ3v) is 2.35. The van der Waals surface area contributed by atoms with Crippen LogP contribution in [0.25, 0.3) is 0 Å². The summed E-state index contributed by atoms with van der Waals surface area (Å²) in [7, 11) is 0. The van der Waals surface area contributed by atoms with E-state index in [9.17, 15) is 13.6 Å². The summed E-state index contributed by atoms with van der Waals surface area (Å²) >= 11 is 0. The summed E-state index contributed by atoms with van der Waals surface area (Å²) < 4.78 is 26.0. The Morgan fingerprint density at radius 1 is 1.00 bits per heavy atom. The quantitative estimate of drug-likeness (QED) is 0.640. The SMILES string of the molecule is Nc1ccc(F)cc1C(=O)c1cccc(F)c1. The van der Waals surface area contributed by atoms with Gasteiger partial charge in [0, 0.05) is 16.8 Å². The molecule has 0 aliphatic heterocycles. The second-order valence-corrected chi connectivity index (χ2v) is 3.57. The topological polar surface area (TPSA) is 43.1 Å². The van der Waals surface area contributed by atoms with Gasteiger partial charge in [0.1, 0.15) is 11.6 Å². The fraction of sp³-hybridized carbons (Fsp3) is 0. The molecule has 2 aromatic carbocycles. The monoisotopic (exact) mass is 233 g/mol. The maximum absolute atomic E-state index is 13.0. The lowest BCUT2D eigenvalue weighted by atomic mass is 10.0. The van der Waals surface area contributed by atoms with E-state index in [0.29, 0.717) is 0 Å². The van der Waals surface area contributed by atoms with Crippen molar-refractivity contribution in [1.29, 1.82) is 0 Å². The highest BCUT2D eigenvalue weighted by Gasteiger charge is 2.13. The smallest absolute Gasteiger partial charge is 0.195 e. The van der Waals surface area contributed by atoms with Crippen molar-refractivity contribution in [3.8, 4) is 0 Å². The average Bonchev–Trinajstić information content (AvgIpc) is 2.31. The summed E-state index contributed by atoms with van der Waals surface area (Å²) in [5.41, 5.74) is 5.93. The van der Waals surface area contributed by atoms with E-state index < -0.39 is 17.4 Å². The van der Waals surface area contributed by atoms with Crippen LogP contribution in [0.1, 0.15) is 15.9 Å². The van der Waals surface area contributed by atoms with Crippen molar-refractivity contribution < 1.29 is 13.6 Å². The first kappa shape index (κ1) is 11.3. The largest absolute Gasteiger partial charge is 0.398 e. The standard InChI is InChI=1S/C13H9F2NO/c14-9-3-1-2-8(6-9)13(17)11-7-10(15)4-5-12(11)16/h1-7H,16H2. The summed E-state index contributed by atoms with van der Waals surface area (Å²) in [4.78, 5) is 12.0. The van der Waals surface area contributed by atoms with Gasteiger partial charge < -0.3 is 5.73 Å². The van der Waals surface area contributed by atoms with Gasteiger partial charge in [0.2, 0.25) is 0 Å². The van der Waals surface area contributed by atoms with Crippen LogP contribution in [0.15, 0.2) is 42.5 Å². The van der Waals surface area contributed by atoms with Crippen LogP contribution >= 0.6 is 0 Å². The van der Waals surface area contributed by atoms with Crippen LogP contribution < -0.4 is 5.73 Å². The number of ketones is 1. The normalized spacial score (nSPS) is 10.2. The number of nitrogens with two attached hydrogens (primary N) is 1. The van der Waals surface area contributed by atoms with Crippen LogP contribution in [-0.4, -0.2) is 5.78 Å². The van der Waals surface area contributed by atoms with Crippen molar-refractivity contribution >= 4 is 11.5 Å². The van der Waals surface area contributed by atoms with E-state index in [1.165, 1.54) is 24.3 Å². The minimum atomic E-state index is -0.557. The van der Waals surface area contributed by atoms with Gasteiger partial charge in [-0.05, 0) is 30.3 Å². The zero-order valence-electron chi connectivity index (χ0n) is 8.78. The van der Waals surface area contributed by atoms with Gasteiger partial charge in [-0.2, -0.15) is 0 Å². The molecule has 0 aliphatic rings. The summed E-state index contributed by atoms with van der Waals surface area (Å²) in [6, 6.07) is 8.70. The molecule has 0 fully saturated rings. The maximum atomic E-state index is 13.0. The molecule has 0 atom stereocenters. The van der Waals surface area contributed by atoms with Crippen LogP contribution in [0.3, 0.4) is 0 Å². The predicted molar refractivity (Wildman–Crippen MR) is 60.6 cm³/mol. The Kier molecular flexibility index (Phi) is 2.87. The number of nitrogen functional groups attached to an aromatic ring is 1. The van der Waals surface area contributed by atoms with E-state index >= 15 is 0 Å². The summed E-state index contributed by atoms with van der Waals surface area (Å²) in [5.74, 6) is -1.58. The number of carbonyl (C=O) groups is 1. The molecular formula is C13H9F2NO. The van der Waals surface area contributed by atoms with E-state index in [4.69, 9.17) is 5.73 Å². The molecule has 2 N–H and O–H groups in total. The Morgan fingerprint density at radius 2 is 1.71 bits per heavy atom. The van der Waals surface area contributed by atoms with Crippen LogP contribution in [0.5, 0.6) is 0 Å². The van der Waals surface area contributed by atoms with Gasteiger partial charge in [-0.3, -0.25) is 4.79 Å². The highest BCUT2D eigenvalue weighted by atomic mass is 19.1. The average molecular weight is 233 g/mol. The van der Waals surface area contributed by atoms with Crippen LogP contribution in [0.2, 0.25) is 0 Å². The maximum Gasteiger partial charge on any atom is 0.195 e. The van der Waals surface area contributed by atoms with Gasteiger partial charge in [-0.25, -0.2) is 8.78 Å². The molecule has 0 amide bonds. The lowest BCUT2D eigenvalue weighted by molar-refractivity contribution is 0.103. The third kappa shape index (κ3) is 2.30. The fourth-order valence-electron chi connectivity index (χ4n) is 1.51. The molecule has 0 unspecified atom stereocenters. The Hall–Kier alpha value is -2.23. The van der Waals surface area contributed by atoms with E-state index in [2.05, 4.69) is 0 Å². The van der Waals surface area contributed by atoms with E-state index in [-0.39, 0.29) is 16.8 Å². The highest BCUT2D eigenvalue weighted by molar-refractivity contribution is 6.12. The molecule has 0 saturated heterocycles. The van der Waals surface area contributed by atoms with Gasteiger partial charge in [0.25, 0.3) is 0 Å². The Labute approximate surface area is 96.7 Å². The summed E-state index contributed by atoms with van der Waals surface area (Å²) in [6.07, 6.45) is 0. The minimum Gasteiger partial charge on any atom is -0.398 e. The first-order valence-electron chi connectivity index (χ1n) is 4.93. The van der Waals surface area contributed by atoms with Crippen molar-refractivity contribution in [1.82, 2.24) is 0 Å². The first-order chi connectivity index (χ1) is 8.08. The number of hydrogen-bond acceptors (Lipinski definition) is 2. The molecule has 17 heavy (non-hydrogen) atoms. The predicted octanol–water partition coefficient (Wildman–Crippen LogP) is 2.78. The molecule has 2 aromatic rings. The van der Waals surface area contributed by atoms with Crippen molar-refractivity contribution in [2.45, 2.75) is 0 Å². The number of anilines is 1. The van der Waals surface area contributed by atoms with Crippen molar-refractivity contribution in [3.05, 3.63) is 65.2 Å². The molecule has 2 rings (SSSR count). The number of rotatable bonds is 2. The molecular weight excluding hydrogens is 224 g/mol. The zero-order valence-corrected chi connectivity index (χ0v) is 8.78. The molecule has 0 aromatic heterocycles. The van der Waals surface area contributed by atoms with Crippen molar-refractivity contribution in [3.63, 3.8) is 0 Å². The molecule has 0 spiro atoms. The molecule has 0 radical (unpaired) electrons. The lowest BCUT2D eigenvalue weighted by Gasteiger charge is -2.05. The Bertz CT molecular complexity index is 581. The van der Waals surface area contributed by atoms with Crippen LogP contribution in [0, 0.1) is 11.6 Å². The van der Waals surface area contributed by atoms with Gasteiger partial charge in [-0.15, -0.1) is 0 Å². The molecule has 2 nitrogen and oxygen atoms in total. The first-order valence-corrected chi connectivity index (χ1v) is 4.93. The second kappa shape index (κ2) is 4.33. The number of carbonyl (C=O) groups excluding carboxylic acids is 1. The van der Waals surface area contributed by atoms with E-state index in [0.717, 1.165) is 18.2 Å². The lowest BCUT2D eigenvalue weighted by Crippen LogP contribution is -2.06. The molecule has 0 aliphatic carbocycles. The minimum absolute atomic E-state index is 0.0376. The Morgan fingerprint density at radius 3 is 2.41 bits per heavy atom. The van der Waals surface area contributed by atoms with Gasteiger partial charge in [-0.1, -0.05) is 12.1 Å². The fourth-order valence-corrected chi connectivity index (χ4v) is 1.51. The molecule has 4 heteroatoms. The van der Waals surface area contributed by atoms with Gasteiger partial charge >= 0.3 is 0 Å². The van der Waals surface area contributed by atoms with Crippen LogP contribution in [0.4, 0.5) is 14.5 Å². The van der Waals surface area contributed by atoms with Crippen molar-refractivity contribution in [2.24, 2.45) is 0 Å². The van der Waals surface area contributed by atoms with Gasteiger partial charge in [0.05, 0.1) is 0 Å². The summed E-state index contributed by atoms with van der Waals surface area (Å²) in [6.45, 7) is 0. The van der Waals surface area contributed by atoms with Crippen molar-refractivity contribution in [2.75, 3.05) is 5.73 Å². The summed E-state index contributed by atoms with van der Waals surface area (Å²) in [5, 5.41) is 0. The Balaban J connectivity index is 2.47. The molecule has 0 heterocycles. The number of halogens is 2. The van der Waals surface area contributed by atoms with Gasteiger partial charge in [0.15, 0.2) is 5.78 Å². The van der Waals surface area contributed by atoms with E-state index in [1.54, 1.807) is 0 Å². The molecule has 0 saturated carbocycles. The zero-order chi connectivity index (χ0) is 12.4. The molecule has 0 bridgehead atoms.